The van der Waals surface area contributed by atoms with E-state index < -0.39 is 0 Å². The largest absolute Gasteiger partial charge is 0 e. The average Bonchev–Trinajstić information content (AvgIpc) is 0. The Bertz CT molecular complexity index is 11.6. The fourth-order valence-electron chi connectivity index (χ4n) is 0. The summed E-state index contributed by atoms with van der Waals surface area (Å²) >= 11 is 0. The molecule has 0 heterocycles. The van der Waals surface area contributed by atoms with Crippen LogP contribution in [0, 0.1) is 0 Å². The third-order valence-corrected chi connectivity index (χ3v) is 0. The maximum atomic E-state index is 0. The van der Waals surface area contributed by atoms with E-state index in [0.717, 1.165) is 0 Å². The van der Waals surface area contributed by atoms with Crippen molar-refractivity contribution < 1.29 is 73.0 Å². The Morgan fingerprint density at radius 1 is 1.00 bits per heavy atom. The zero-order chi connectivity index (χ0) is 0. The molecule has 0 amide bonds. The molecular weight excluding hydrogens is 377 g/mol. The molecule has 0 atom stereocenters. The second kappa shape index (κ2) is 29.1. The van der Waals surface area contributed by atoms with Crippen molar-refractivity contribution in [3.63, 3.8) is 0 Å². The molecule has 0 unspecified atom stereocenters. The standard InChI is InChI=1S/Al.Fe.Mn.Ni.Ta. The van der Waals surface area contributed by atoms with Crippen molar-refractivity contribution in [2.45, 2.75) is 0 Å². The SMILES string of the molecule is [Al].[Fe].[Mn].[Ni].[Ta]. The third kappa shape index (κ3) is 20.0. The molecule has 0 fully saturated rings. The van der Waals surface area contributed by atoms with Gasteiger partial charge in [0.1, 0.15) is 0 Å². The van der Waals surface area contributed by atoms with Crippen LogP contribution in [0.5, 0.6) is 0 Å². The number of hydrogen-bond acceptors (Lipinski definition) is 0. The Labute approximate surface area is 89.1 Å². The van der Waals surface area contributed by atoms with E-state index in [1.807, 2.05) is 0 Å². The first kappa shape index (κ1) is 45.9. The minimum absolute atomic E-state index is 0. The van der Waals surface area contributed by atoms with Crippen LogP contribution < -0.4 is 0 Å². The summed E-state index contributed by atoms with van der Waals surface area (Å²) in [6.45, 7) is 0. The topological polar surface area (TPSA) is 0 Å². The van der Waals surface area contributed by atoms with Gasteiger partial charge in [-0.3, -0.25) is 0 Å². The Morgan fingerprint density at radius 2 is 1.00 bits per heavy atom. The minimum Gasteiger partial charge on any atom is 0 e. The van der Waals surface area contributed by atoms with Gasteiger partial charge in [0.2, 0.25) is 0 Å². The molecule has 33 valence electrons. The van der Waals surface area contributed by atoms with Crippen molar-refractivity contribution in [3.05, 3.63) is 0 Å². The quantitative estimate of drug-likeness (QED) is 0.505. The van der Waals surface area contributed by atoms with E-state index in [4.69, 9.17) is 0 Å². The Morgan fingerprint density at radius 3 is 1.00 bits per heavy atom. The molecule has 0 aliphatic rings. The first-order valence-corrected chi connectivity index (χ1v) is 0. The fraction of sp³-hybridized carbons (Fsp3) is 0. The molecule has 0 saturated carbocycles. The van der Waals surface area contributed by atoms with Crippen LogP contribution >= 0.6 is 0 Å². The predicted octanol–water partition coefficient (Wildman–Crippen LogP) is -0.391. The van der Waals surface area contributed by atoms with Gasteiger partial charge in [-0.05, 0) is 0 Å². The molecule has 0 aromatic heterocycles. The van der Waals surface area contributed by atoms with Crippen LogP contribution in [0.4, 0.5) is 0 Å². The van der Waals surface area contributed by atoms with Crippen molar-refractivity contribution in [1.82, 2.24) is 0 Å². The van der Waals surface area contributed by atoms with Crippen LogP contribution in [0.2, 0.25) is 0 Å². The number of rotatable bonds is 0. The summed E-state index contributed by atoms with van der Waals surface area (Å²) < 4.78 is 0. The third-order valence-electron chi connectivity index (χ3n) is 0. The summed E-state index contributed by atoms with van der Waals surface area (Å²) in [5.74, 6) is 0. The molecule has 0 aliphatic carbocycles. The summed E-state index contributed by atoms with van der Waals surface area (Å²) in [5, 5.41) is 0. The Kier molecular flexibility index (Phi) is 268. The monoisotopic (exact) mass is 377 g/mol. The molecule has 5 radical (unpaired) electrons. The predicted molar refractivity (Wildman–Crippen MR) is 5.75 cm³/mol. The van der Waals surface area contributed by atoms with Gasteiger partial charge in [0.15, 0.2) is 0 Å². The summed E-state index contributed by atoms with van der Waals surface area (Å²) in [6, 6.07) is 0. The molecule has 0 N–H and O–H groups in total. The molecule has 0 bridgehead atoms. The van der Waals surface area contributed by atoms with E-state index in [2.05, 4.69) is 0 Å². The summed E-state index contributed by atoms with van der Waals surface area (Å²) in [6.07, 6.45) is 0. The van der Waals surface area contributed by atoms with Crippen molar-refractivity contribution in [3.8, 4) is 0 Å². The zero-order valence-corrected chi connectivity index (χ0v) is 9.71. The van der Waals surface area contributed by atoms with Crippen molar-refractivity contribution >= 4 is 17.4 Å². The van der Waals surface area contributed by atoms with Gasteiger partial charge in [0.25, 0.3) is 0 Å². The molecule has 0 rings (SSSR count). The van der Waals surface area contributed by atoms with Crippen LogP contribution in [0.3, 0.4) is 0 Å². The molecule has 0 aromatic rings. The number of hydrogen-bond donors (Lipinski definition) is 0. The molecular formula is AlFeMnNiTa. The second-order valence-corrected chi connectivity index (χ2v) is 0. The van der Waals surface area contributed by atoms with E-state index in [-0.39, 0.29) is 90.4 Å². The van der Waals surface area contributed by atoms with Gasteiger partial charge in [0.05, 0.1) is 0 Å². The normalized spacial score (nSPS) is 0. The maximum Gasteiger partial charge on any atom is 0 e. The van der Waals surface area contributed by atoms with Gasteiger partial charge in [0, 0.05) is 90.4 Å². The smallest absolute Gasteiger partial charge is 0 e. The van der Waals surface area contributed by atoms with Crippen LogP contribution in [0.1, 0.15) is 0 Å². The van der Waals surface area contributed by atoms with Crippen molar-refractivity contribution in [1.29, 1.82) is 0 Å². The molecule has 0 nitrogen and oxygen atoms in total. The molecule has 0 saturated heterocycles. The van der Waals surface area contributed by atoms with E-state index in [0.29, 0.717) is 0 Å². The van der Waals surface area contributed by atoms with Gasteiger partial charge < -0.3 is 0 Å². The zero-order valence-electron chi connectivity index (χ0n) is 2.07. The maximum absolute atomic E-state index is 0. The fourth-order valence-corrected chi connectivity index (χ4v) is 0. The van der Waals surface area contributed by atoms with Crippen LogP contribution in [-0.4, -0.2) is 17.4 Å². The molecule has 5 heteroatoms. The van der Waals surface area contributed by atoms with Crippen LogP contribution in [0.25, 0.3) is 0 Å². The first-order valence-electron chi connectivity index (χ1n) is 0. The van der Waals surface area contributed by atoms with E-state index in [1.165, 1.54) is 0 Å². The average molecular weight is 377 g/mol. The summed E-state index contributed by atoms with van der Waals surface area (Å²) in [4.78, 5) is 0. The molecule has 0 aromatic carbocycles. The second-order valence-electron chi connectivity index (χ2n) is 0. The van der Waals surface area contributed by atoms with E-state index >= 15 is 0 Å². The van der Waals surface area contributed by atoms with Crippen LogP contribution in [0.15, 0.2) is 0 Å². The molecule has 0 spiro atoms. The summed E-state index contributed by atoms with van der Waals surface area (Å²) in [7, 11) is 0. The molecule has 0 aliphatic heterocycles. The minimum atomic E-state index is 0. The van der Waals surface area contributed by atoms with Gasteiger partial charge in [-0.1, -0.05) is 0 Å². The van der Waals surface area contributed by atoms with Crippen LogP contribution in [-0.2, 0) is 73.0 Å². The Hall–Kier alpha value is 2.81. The molecule has 5 heavy (non-hydrogen) atoms. The summed E-state index contributed by atoms with van der Waals surface area (Å²) in [5.41, 5.74) is 0. The van der Waals surface area contributed by atoms with Crippen molar-refractivity contribution in [2.75, 3.05) is 0 Å². The van der Waals surface area contributed by atoms with Crippen molar-refractivity contribution in [2.24, 2.45) is 0 Å². The van der Waals surface area contributed by atoms with Gasteiger partial charge in [-0.25, -0.2) is 0 Å². The first-order chi connectivity index (χ1) is 0. The Balaban J connectivity index is 0. The van der Waals surface area contributed by atoms with Gasteiger partial charge in [-0.15, -0.1) is 0 Å². The van der Waals surface area contributed by atoms with E-state index in [9.17, 15) is 0 Å². The van der Waals surface area contributed by atoms with E-state index in [1.54, 1.807) is 0 Å². The van der Waals surface area contributed by atoms with Gasteiger partial charge >= 0.3 is 0 Å². The van der Waals surface area contributed by atoms with Gasteiger partial charge in [-0.2, -0.15) is 0 Å².